The van der Waals surface area contributed by atoms with Crippen LogP contribution >= 0.6 is 11.3 Å². The Hall–Kier alpha value is -4.10. The fraction of sp³-hybridized carbons (Fsp3) is 0.0741. The maximum absolute atomic E-state index is 13.6. The van der Waals surface area contributed by atoms with Crippen LogP contribution in [0.25, 0.3) is 6.08 Å². The molecule has 168 valence electrons. The zero-order valence-corrected chi connectivity index (χ0v) is 19.1. The summed E-state index contributed by atoms with van der Waals surface area (Å²) in [5, 5.41) is 2.93. The minimum atomic E-state index is -0.628. The summed E-state index contributed by atoms with van der Waals surface area (Å²) >= 11 is 1.25. The summed E-state index contributed by atoms with van der Waals surface area (Å²) in [6.07, 6.45) is 1.72. The number of thiazole rings is 1. The lowest BCUT2D eigenvalue weighted by Gasteiger charge is -2.25. The van der Waals surface area contributed by atoms with E-state index in [1.165, 1.54) is 23.5 Å². The number of benzene rings is 3. The van der Waals surface area contributed by atoms with E-state index in [1.54, 1.807) is 29.7 Å². The molecule has 2 heterocycles. The number of carbonyl (C=O) groups excluding carboxylic acids is 1. The number of hydrogen-bond donors (Lipinski definition) is 1. The third-order valence-electron chi connectivity index (χ3n) is 5.58. The number of anilines is 1. The Morgan fingerprint density at radius 2 is 1.65 bits per heavy atom. The highest BCUT2D eigenvalue weighted by molar-refractivity contribution is 7.07. The molecule has 5 nitrogen and oxygen atoms in total. The number of nitrogens with one attached hydrogen (secondary N) is 1. The Bertz CT molecular complexity index is 1570. The van der Waals surface area contributed by atoms with Gasteiger partial charge in [-0.2, -0.15) is 0 Å². The highest BCUT2D eigenvalue weighted by atomic mass is 32.1. The molecule has 5 rings (SSSR count). The quantitative estimate of drug-likeness (QED) is 0.491. The number of carbonyl (C=O) groups is 1. The van der Waals surface area contributed by atoms with Crippen molar-refractivity contribution in [2.75, 3.05) is 5.32 Å². The minimum Gasteiger partial charge on any atom is -0.322 e. The van der Waals surface area contributed by atoms with Crippen LogP contribution in [0.5, 0.6) is 0 Å². The van der Waals surface area contributed by atoms with E-state index in [9.17, 15) is 14.0 Å². The van der Waals surface area contributed by atoms with Gasteiger partial charge in [0.15, 0.2) is 4.80 Å². The lowest BCUT2D eigenvalue weighted by molar-refractivity contribution is -0.113. The molecule has 7 heteroatoms. The summed E-state index contributed by atoms with van der Waals surface area (Å²) in [5.74, 6) is -0.651. The Morgan fingerprint density at radius 3 is 2.32 bits per heavy atom. The number of para-hydroxylation sites is 1. The van der Waals surface area contributed by atoms with E-state index in [0.717, 1.165) is 5.56 Å². The van der Waals surface area contributed by atoms with Crippen LogP contribution in [0.2, 0.25) is 0 Å². The third kappa shape index (κ3) is 4.13. The van der Waals surface area contributed by atoms with E-state index < -0.39 is 6.04 Å². The molecule has 1 aliphatic rings. The maximum atomic E-state index is 13.6. The van der Waals surface area contributed by atoms with Gasteiger partial charge in [-0.3, -0.25) is 14.2 Å². The molecule has 1 amide bonds. The van der Waals surface area contributed by atoms with Crippen LogP contribution in [0.3, 0.4) is 0 Å². The number of halogens is 1. The van der Waals surface area contributed by atoms with Gasteiger partial charge in [0.2, 0.25) is 0 Å². The fourth-order valence-corrected chi connectivity index (χ4v) is 5.04. The first-order valence-electron chi connectivity index (χ1n) is 10.7. The summed E-state index contributed by atoms with van der Waals surface area (Å²) in [5.41, 5.74) is 2.89. The molecule has 4 aromatic rings. The largest absolute Gasteiger partial charge is 0.322 e. The van der Waals surface area contributed by atoms with Gasteiger partial charge in [0, 0.05) is 5.69 Å². The van der Waals surface area contributed by atoms with Crippen LogP contribution in [0.1, 0.15) is 24.1 Å². The van der Waals surface area contributed by atoms with Gasteiger partial charge in [0.25, 0.3) is 11.5 Å². The van der Waals surface area contributed by atoms with E-state index in [0.29, 0.717) is 31.9 Å². The van der Waals surface area contributed by atoms with E-state index in [1.807, 2.05) is 60.7 Å². The number of aromatic nitrogens is 1. The van der Waals surface area contributed by atoms with Crippen LogP contribution in [-0.4, -0.2) is 10.5 Å². The zero-order chi connectivity index (χ0) is 23.7. The second-order valence-electron chi connectivity index (χ2n) is 7.86. The van der Waals surface area contributed by atoms with Crippen molar-refractivity contribution < 1.29 is 9.18 Å². The number of amides is 1. The molecule has 0 saturated heterocycles. The van der Waals surface area contributed by atoms with Gasteiger partial charge in [-0.1, -0.05) is 72.0 Å². The smallest absolute Gasteiger partial charge is 0.271 e. The Kier molecular flexibility index (Phi) is 5.77. The maximum Gasteiger partial charge on any atom is 0.271 e. The highest BCUT2D eigenvalue weighted by Gasteiger charge is 2.32. The molecular formula is C27H20FN3O2S. The predicted octanol–water partition coefficient (Wildman–Crippen LogP) is 4.01. The zero-order valence-electron chi connectivity index (χ0n) is 18.2. The van der Waals surface area contributed by atoms with Gasteiger partial charge in [-0.05, 0) is 48.4 Å². The summed E-state index contributed by atoms with van der Waals surface area (Å²) in [6, 6.07) is 23.9. The van der Waals surface area contributed by atoms with Gasteiger partial charge in [0.05, 0.1) is 21.8 Å². The van der Waals surface area contributed by atoms with E-state index in [2.05, 4.69) is 10.3 Å². The van der Waals surface area contributed by atoms with E-state index in [-0.39, 0.29) is 17.3 Å². The van der Waals surface area contributed by atoms with Gasteiger partial charge in [-0.15, -0.1) is 0 Å². The Balaban J connectivity index is 1.66. The van der Waals surface area contributed by atoms with E-state index >= 15 is 0 Å². The first-order chi connectivity index (χ1) is 16.5. The van der Waals surface area contributed by atoms with Gasteiger partial charge >= 0.3 is 0 Å². The van der Waals surface area contributed by atoms with Crippen molar-refractivity contribution in [3.63, 3.8) is 0 Å². The first kappa shape index (κ1) is 21.7. The lowest BCUT2D eigenvalue weighted by Crippen LogP contribution is -2.40. The van der Waals surface area contributed by atoms with Gasteiger partial charge in [0.1, 0.15) is 5.82 Å². The molecule has 0 bridgehead atoms. The van der Waals surface area contributed by atoms with Gasteiger partial charge < -0.3 is 5.32 Å². The Labute approximate surface area is 198 Å². The number of allylic oxidation sites excluding steroid dienone is 1. The molecule has 1 atom stereocenters. The molecule has 34 heavy (non-hydrogen) atoms. The van der Waals surface area contributed by atoms with Crippen molar-refractivity contribution in [3.8, 4) is 0 Å². The normalized spacial score (nSPS) is 15.6. The van der Waals surface area contributed by atoms with E-state index in [4.69, 9.17) is 0 Å². The van der Waals surface area contributed by atoms with Crippen molar-refractivity contribution in [2.24, 2.45) is 4.99 Å². The molecular weight excluding hydrogens is 449 g/mol. The standard InChI is InChI=1S/C27H20FN3O2S/c1-17-23(25(32)30-21-10-6-3-7-11-21)24(19-8-4-2-5-9-19)31-26(33)22(34-27(31)29-17)16-18-12-14-20(28)15-13-18/h2-16,24H,1H3,(H,30,32)/b22-16+/t24-/m0/s1. The SMILES string of the molecule is CC1=C(C(=O)Nc2ccccc2)[C@H](c2ccccc2)n2c(s/c(=C/c3ccc(F)cc3)c2=O)=N1. The Morgan fingerprint density at radius 1 is 1.00 bits per heavy atom. The van der Waals surface area contributed by atoms with Crippen molar-refractivity contribution in [1.29, 1.82) is 0 Å². The molecule has 0 unspecified atom stereocenters. The second kappa shape index (κ2) is 9.03. The van der Waals surface area contributed by atoms with Crippen molar-refractivity contribution in [2.45, 2.75) is 13.0 Å². The molecule has 0 saturated carbocycles. The van der Waals surface area contributed by atoms with Crippen LogP contribution in [0.4, 0.5) is 10.1 Å². The molecule has 1 aromatic heterocycles. The summed E-state index contributed by atoms with van der Waals surface area (Å²) in [4.78, 5) is 32.1. The molecule has 1 N–H and O–H groups in total. The highest BCUT2D eigenvalue weighted by Crippen LogP contribution is 2.30. The molecule has 0 spiro atoms. The average Bonchev–Trinajstić information content (AvgIpc) is 3.15. The number of fused-ring (bicyclic) bond motifs is 1. The lowest BCUT2D eigenvalue weighted by atomic mass is 9.95. The minimum absolute atomic E-state index is 0.251. The molecule has 3 aromatic carbocycles. The third-order valence-corrected chi connectivity index (χ3v) is 6.56. The molecule has 0 fully saturated rings. The van der Waals surface area contributed by atoms with Gasteiger partial charge in [-0.25, -0.2) is 9.38 Å². The molecule has 1 aliphatic heterocycles. The van der Waals surface area contributed by atoms with Crippen molar-refractivity contribution in [1.82, 2.24) is 4.57 Å². The molecule has 0 radical (unpaired) electrons. The van der Waals surface area contributed by atoms with Crippen LogP contribution < -0.4 is 20.2 Å². The number of nitrogens with zero attached hydrogens (tertiary/aromatic N) is 2. The van der Waals surface area contributed by atoms with Crippen LogP contribution in [0, 0.1) is 5.82 Å². The van der Waals surface area contributed by atoms with Crippen molar-refractivity contribution >= 4 is 29.0 Å². The summed E-state index contributed by atoms with van der Waals surface area (Å²) < 4.78 is 15.3. The van der Waals surface area contributed by atoms with Crippen LogP contribution in [-0.2, 0) is 4.79 Å². The van der Waals surface area contributed by atoms with Crippen LogP contribution in [0.15, 0.2) is 106 Å². The van der Waals surface area contributed by atoms with Crippen molar-refractivity contribution in [3.05, 3.63) is 133 Å². The molecule has 0 aliphatic carbocycles. The topological polar surface area (TPSA) is 63.5 Å². The number of hydrogen-bond acceptors (Lipinski definition) is 4. The monoisotopic (exact) mass is 469 g/mol. The first-order valence-corrected chi connectivity index (χ1v) is 11.5. The average molecular weight is 470 g/mol. The second-order valence-corrected chi connectivity index (χ2v) is 8.87. The summed E-state index contributed by atoms with van der Waals surface area (Å²) in [7, 11) is 0. The fourth-order valence-electron chi connectivity index (χ4n) is 3.99. The number of rotatable bonds is 4. The predicted molar refractivity (Wildman–Crippen MR) is 132 cm³/mol. The summed E-state index contributed by atoms with van der Waals surface area (Å²) in [6.45, 7) is 1.78.